The van der Waals surface area contributed by atoms with Gasteiger partial charge in [-0.15, -0.1) is 0 Å². The summed E-state index contributed by atoms with van der Waals surface area (Å²) in [6.45, 7) is 8.85. The van der Waals surface area contributed by atoms with E-state index in [0.717, 1.165) is 6.42 Å². The van der Waals surface area contributed by atoms with Crippen LogP contribution in [0.3, 0.4) is 0 Å². The van der Waals surface area contributed by atoms with E-state index in [2.05, 4.69) is 25.2 Å². The van der Waals surface area contributed by atoms with Gasteiger partial charge in [-0.3, -0.25) is 4.79 Å². The smallest absolute Gasteiger partial charge is 0.323 e. The molecule has 0 aliphatic rings. The second kappa shape index (κ2) is 7.29. The van der Waals surface area contributed by atoms with Crippen LogP contribution < -0.4 is 5.32 Å². The highest BCUT2D eigenvalue weighted by Crippen LogP contribution is 2.21. The summed E-state index contributed by atoms with van der Waals surface area (Å²) in [4.78, 5) is 11.5. The van der Waals surface area contributed by atoms with E-state index < -0.39 is 0 Å². The van der Waals surface area contributed by atoms with Crippen LogP contribution in [0.4, 0.5) is 0 Å². The first-order chi connectivity index (χ1) is 7.84. The lowest BCUT2D eigenvalue weighted by atomic mass is 9.87. The Morgan fingerprint density at radius 3 is 2.47 bits per heavy atom. The zero-order valence-corrected chi connectivity index (χ0v) is 11.5. The molecule has 0 heterocycles. The minimum atomic E-state index is -0.277. The van der Waals surface area contributed by atoms with Gasteiger partial charge in [0.15, 0.2) is 0 Å². The van der Waals surface area contributed by atoms with E-state index in [9.17, 15) is 4.79 Å². The van der Waals surface area contributed by atoms with Crippen LogP contribution in [0, 0.1) is 22.7 Å². The van der Waals surface area contributed by atoms with E-state index in [-0.39, 0.29) is 23.3 Å². The van der Waals surface area contributed by atoms with E-state index in [1.807, 2.05) is 13.8 Å². The number of rotatable bonds is 7. The molecule has 1 N–H and O–H groups in total. The maximum absolute atomic E-state index is 11.5. The zero-order chi connectivity index (χ0) is 13.5. The molecular weight excluding hydrogens is 216 g/mol. The number of nitrogens with zero attached hydrogens (tertiary/aromatic N) is 1. The van der Waals surface area contributed by atoms with Crippen LogP contribution in [0.5, 0.6) is 0 Å². The monoisotopic (exact) mass is 240 g/mol. The SMILES string of the molecule is COC(=O)[C@@H](NCC(C)(C)CCC#N)C(C)C. The van der Waals surface area contributed by atoms with Gasteiger partial charge in [0, 0.05) is 13.0 Å². The van der Waals surface area contributed by atoms with Crippen LogP contribution in [0.15, 0.2) is 0 Å². The van der Waals surface area contributed by atoms with Crippen molar-refractivity contribution in [2.75, 3.05) is 13.7 Å². The van der Waals surface area contributed by atoms with E-state index in [4.69, 9.17) is 10.00 Å². The number of ether oxygens (including phenoxy) is 1. The molecule has 0 bridgehead atoms. The third-order valence-electron chi connectivity index (χ3n) is 2.84. The predicted octanol–water partition coefficient (Wildman–Crippen LogP) is 2.10. The topological polar surface area (TPSA) is 62.1 Å². The molecule has 1 atom stereocenters. The van der Waals surface area contributed by atoms with Gasteiger partial charge in [0.1, 0.15) is 6.04 Å². The summed E-state index contributed by atoms with van der Waals surface area (Å²) in [6, 6.07) is 1.87. The Balaban J connectivity index is 4.30. The molecule has 0 amide bonds. The predicted molar refractivity (Wildman–Crippen MR) is 67.3 cm³/mol. The van der Waals surface area contributed by atoms with Crippen LogP contribution >= 0.6 is 0 Å². The molecule has 0 rings (SSSR count). The fraction of sp³-hybridized carbons (Fsp3) is 0.846. The lowest BCUT2D eigenvalue weighted by Crippen LogP contribution is -2.45. The van der Waals surface area contributed by atoms with Gasteiger partial charge >= 0.3 is 5.97 Å². The average Bonchev–Trinajstić information content (AvgIpc) is 2.25. The molecule has 0 fully saturated rings. The molecule has 0 saturated carbocycles. The second-order valence-electron chi connectivity index (χ2n) is 5.45. The van der Waals surface area contributed by atoms with Gasteiger partial charge in [0.2, 0.25) is 0 Å². The molecule has 0 radical (unpaired) electrons. The Labute approximate surface area is 104 Å². The molecule has 17 heavy (non-hydrogen) atoms. The summed E-state index contributed by atoms with van der Waals surface area (Å²) >= 11 is 0. The van der Waals surface area contributed by atoms with E-state index in [1.54, 1.807) is 0 Å². The molecule has 0 aliphatic heterocycles. The fourth-order valence-corrected chi connectivity index (χ4v) is 1.59. The van der Waals surface area contributed by atoms with E-state index in [1.165, 1.54) is 7.11 Å². The normalized spacial score (nSPS) is 13.2. The van der Waals surface area contributed by atoms with Crippen molar-refractivity contribution in [3.05, 3.63) is 0 Å². The minimum Gasteiger partial charge on any atom is -0.468 e. The van der Waals surface area contributed by atoms with Gasteiger partial charge in [-0.2, -0.15) is 5.26 Å². The Kier molecular flexibility index (Phi) is 6.82. The summed E-state index contributed by atoms with van der Waals surface area (Å²) in [7, 11) is 1.40. The van der Waals surface area contributed by atoms with Crippen molar-refractivity contribution in [3.8, 4) is 6.07 Å². The lowest BCUT2D eigenvalue weighted by molar-refractivity contribution is -0.144. The number of methoxy groups -OCH3 is 1. The Morgan fingerprint density at radius 2 is 2.06 bits per heavy atom. The third-order valence-corrected chi connectivity index (χ3v) is 2.84. The van der Waals surface area contributed by atoms with Crippen LogP contribution in [0.2, 0.25) is 0 Å². The van der Waals surface area contributed by atoms with Gasteiger partial charge < -0.3 is 10.1 Å². The molecule has 0 aromatic rings. The maximum Gasteiger partial charge on any atom is 0.323 e. The van der Waals surface area contributed by atoms with E-state index in [0.29, 0.717) is 13.0 Å². The largest absolute Gasteiger partial charge is 0.468 e. The number of esters is 1. The first-order valence-electron chi connectivity index (χ1n) is 6.02. The van der Waals surface area contributed by atoms with Crippen molar-refractivity contribution >= 4 is 5.97 Å². The highest BCUT2D eigenvalue weighted by molar-refractivity contribution is 5.75. The molecule has 98 valence electrons. The van der Waals surface area contributed by atoms with Crippen LogP contribution in [0.1, 0.15) is 40.5 Å². The van der Waals surface area contributed by atoms with Crippen molar-refractivity contribution in [1.82, 2.24) is 5.32 Å². The first-order valence-corrected chi connectivity index (χ1v) is 6.02. The van der Waals surface area contributed by atoms with Crippen molar-refractivity contribution in [3.63, 3.8) is 0 Å². The highest BCUT2D eigenvalue weighted by Gasteiger charge is 2.25. The van der Waals surface area contributed by atoms with Crippen molar-refractivity contribution < 1.29 is 9.53 Å². The molecule has 0 saturated heterocycles. The summed E-state index contributed by atoms with van der Waals surface area (Å²) < 4.78 is 4.77. The summed E-state index contributed by atoms with van der Waals surface area (Å²) in [5, 5.41) is 11.8. The molecule has 0 aromatic carbocycles. The first kappa shape index (κ1) is 15.9. The van der Waals surface area contributed by atoms with E-state index >= 15 is 0 Å². The van der Waals surface area contributed by atoms with Crippen molar-refractivity contribution in [1.29, 1.82) is 5.26 Å². The number of nitrogens with one attached hydrogen (secondary N) is 1. The zero-order valence-electron chi connectivity index (χ0n) is 11.5. The average molecular weight is 240 g/mol. The van der Waals surface area contributed by atoms with Crippen LogP contribution in [-0.4, -0.2) is 25.7 Å². The number of nitriles is 1. The Morgan fingerprint density at radius 1 is 1.47 bits per heavy atom. The number of hydrogen-bond acceptors (Lipinski definition) is 4. The van der Waals surface area contributed by atoms with Gasteiger partial charge in [-0.05, 0) is 17.8 Å². The van der Waals surface area contributed by atoms with Gasteiger partial charge in [-0.1, -0.05) is 27.7 Å². The standard InChI is InChI=1S/C13H24N2O2/c1-10(2)11(12(16)17-5)15-9-13(3,4)7-6-8-14/h10-11,15H,6-7,9H2,1-5H3/t11-/m0/s1. The number of carbonyl (C=O) groups is 1. The minimum absolute atomic E-state index is 0.0108. The molecule has 4 nitrogen and oxygen atoms in total. The van der Waals surface area contributed by atoms with Crippen LogP contribution in [0.25, 0.3) is 0 Å². The van der Waals surface area contributed by atoms with Crippen LogP contribution in [-0.2, 0) is 9.53 Å². The second-order valence-corrected chi connectivity index (χ2v) is 5.45. The Bertz CT molecular complexity index is 280. The highest BCUT2D eigenvalue weighted by atomic mass is 16.5. The molecule has 0 spiro atoms. The van der Waals surface area contributed by atoms with Gasteiger partial charge in [0.05, 0.1) is 13.2 Å². The van der Waals surface area contributed by atoms with Gasteiger partial charge in [-0.25, -0.2) is 0 Å². The van der Waals surface area contributed by atoms with Crippen molar-refractivity contribution in [2.24, 2.45) is 11.3 Å². The molecular formula is C13H24N2O2. The summed E-state index contributed by atoms with van der Waals surface area (Å²) in [6.07, 6.45) is 1.36. The quantitative estimate of drug-likeness (QED) is 0.692. The third kappa shape index (κ3) is 6.28. The fourth-order valence-electron chi connectivity index (χ4n) is 1.59. The Hall–Kier alpha value is -1.08. The van der Waals surface area contributed by atoms with Gasteiger partial charge in [0.25, 0.3) is 0 Å². The lowest BCUT2D eigenvalue weighted by Gasteiger charge is -2.28. The van der Waals surface area contributed by atoms with Crippen molar-refractivity contribution in [2.45, 2.75) is 46.6 Å². The molecule has 0 aliphatic carbocycles. The summed E-state index contributed by atoms with van der Waals surface area (Å²) in [5.41, 5.74) is 0.0108. The molecule has 0 unspecified atom stereocenters. The maximum atomic E-state index is 11.5. The summed E-state index contributed by atoms with van der Waals surface area (Å²) in [5.74, 6) is -0.0368. The molecule has 4 heteroatoms. The number of carbonyl (C=O) groups excluding carboxylic acids is 1. The molecule has 0 aromatic heterocycles. The number of hydrogen-bond donors (Lipinski definition) is 1.